The van der Waals surface area contributed by atoms with E-state index in [0.717, 1.165) is 44.5 Å². The number of nitriles is 1. The summed E-state index contributed by atoms with van der Waals surface area (Å²) >= 11 is 0. The molecule has 138 valence electrons. The SMILES string of the molecule is N#Cc1ccc(N2CCC[C@H](NC(=O)N3[C@@H]4CC[C@H]3C[C@@H](O)C4)C2)cc1. The Morgan fingerprint density at radius 2 is 1.85 bits per heavy atom. The molecule has 2 N–H and O–H groups in total. The highest BCUT2D eigenvalue weighted by atomic mass is 16.3. The largest absolute Gasteiger partial charge is 0.393 e. The molecule has 26 heavy (non-hydrogen) atoms. The number of aliphatic hydroxyl groups excluding tert-OH is 1. The van der Waals surface area contributed by atoms with Gasteiger partial charge in [0.25, 0.3) is 0 Å². The maximum absolute atomic E-state index is 12.8. The highest BCUT2D eigenvalue weighted by molar-refractivity contribution is 5.76. The number of nitrogens with one attached hydrogen (secondary N) is 1. The van der Waals surface area contributed by atoms with Crippen LogP contribution < -0.4 is 10.2 Å². The summed E-state index contributed by atoms with van der Waals surface area (Å²) < 4.78 is 0. The van der Waals surface area contributed by atoms with Gasteiger partial charge in [-0.1, -0.05) is 0 Å². The molecule has 0 aromatic heterocycles. The van der Waals surface area contributed by atoms with Crippen LogP contribution >= 0.6 is 0 Å². The quantitative estimate of drug-likeness (QED) is 0.853. The zero-order valence-corrected chi connectivity index (χ0v) is 15.0. The van der Waals surface area contributed by atoms with Crippen molar-refractivity contribution in [1.29, 1.82) is 5.26 Å². The number of fused-ring (bicyclic) bond motifs is 2. The van der Waals surface area contributed by atoms with Crippen LogP contribution in [-0.2, 0) is 0 Å². The van der Waals surface area contributed by atoms with E-state index in [1.54, 1.807) is 0 Å². The predicted octanol–water partition coefficient (Wildman–Crippen LogP) is 2.22. The molecular weight excluding hydrogens is 328 g/mol. The first-order chi connectivity index (χ1) is 12.6. The number of anilines is 1. The number of nitrogens with zero attached hydrogens (tertiary/aromatic N) is 3. The number of hydrogen-bond donors (Lipinski definition) is 2. The lowest BCUT2D eigenvalue weighted by Gasteiger charge is -2.40. The van der Waals surface area contributed by atoms with Crippen molar-refractivity contribution in [2.75, 3.05) is 18.0 Å². The van der Waals surface area contributed by atoms with Crippen LogP contribution in [0.15, 0.2) is 24.3 Å². The van der Waals surface area contributed by atoms with Crippen molar-refractivity contribution in [2.24, 2.45) is 0 Å². The maximum Gasteiger partial charge on any atom is 0.318 e. The van der Waals surface area contributed by atoms with Gasteiger partial charge in [0.15, 0.2) is 0 Å². The molecule has 3 aliphatic heterocycles. The molecule has 0 unspecified atom stereocenters. The number of rotatable bonds is 2. The smallest absolute Gasteiger partial charge is 0.318 e. The monoisotopic (exact) mass is 354 g/mol. The van der Waals surface area contributed by atoms with Gasteiger partial charge in [-0.3, -0.25) is 0 Å². The second-order valence-electron chi connectivity index (χ2n) is 7.81. The number of hydrogen-bond acceptors (Lipinski definition) is 4. The van der Waals surface area contributed by atoms with Crippen LogP contribution in [-0.4, -0.2) is 53.4 Å². The van der Waals surface area contributed by atoms with E-state index in [1.165, 1.54) is 0 Å². The Labute approximate surface area is 154 Å². The Balaban J connectivity index is 1.37. The molecule has 6 heteroatoms. The summed E-state index contributed by atoms with van der Waals surface area (Å²) in [5, 5.41) is 22.1. The molecule has 6 nitrogen and oxygen atoms in total. The van der Waals surface area contributed by atoms with Gasteiger partial charge in [-0.2, -0.15) is 5.26 Å². The molecule has 2 bridgehead atoms. The standard InChI is InChI=1S/C20H26N4O2/c21-12-14-3-5-16(6-4-14)23-9-1-2-15(13-23)22-20(26)24-17-7-8-18(24)11-19(25)10-17/h3-6,15,17-19,25H,1-2,7-11,13H2,(H,22,26)/t15-,17-,18+,19+/m0/s1. The molecule has 3 fully saturated rings. The minimum Gasteiger partial charge on any atom is -0.393 e. The number of carbonyl (C=O) groups is 1. The minimum atomic E-state index is -0.252. The topological polar surface area (TPSA) is 79.6 Å². The fraction of sp³-hybridized carbons (Fsp3) is 0.600. The van der Waals surface area contributed by atoms with Crippen LogP contribution in [0.25, 0.3) is 0 Å². The van der Waals surface area contributed by atoms with E-state index in [-0.39, 0.29) is 30.3 Å². The molecule has 1 aromatic rings. The Kier molecular flexibility index (Phi) is 4.73. The Bertz CT molecular complexity index is 685. The van der Waals surface area contributed by atoms with Gasteiger partial charge in [-0.05, 0) is 62.8 Å². The molecule has 0 saturated carbocycles. The number of urea groups is 1. The van der Waals surface area contributed by atoms with Crippen LogP contribution in [0.1, 0.15) is 44.1 Å². The third kappa shape index (κ3) is 3.36. The molecule has 0 radical (unpaired) electrons. The molecule has 0 aliphatic carbocycles. The molecule has 0 spiro atoms. The first-order valence-corrected chi connectivity index (χ1v) is 9.66. The van der Waals surface area contributed by atoms with E-state index in [2.05, 4.69) is 16.3 Å². The molecule has 2 amide bonds. The van der Waals surface area contributed by atoms with Crippen LogP contribution in [0.2, 0.25) is 0 Å². The van der Waals surface area contributed by atoms with Crippen LogP contribution in [0, 0.1) is 11.3 Å². The number of benzene rings is 1. The average molecular weight is 354 g/mol. The lowest BCUT2D eigenvalue weighted by molar-refractivity contribution is 0.0533. The van der Waals surface area contributed by atoms with Crippen LogP contribution in [0.3, 0.4) is 0 Å². The molecule has 1 aromatic carbocycles. The minimum absolute atomic E-state index is 0.0380. The zero-order chi connectivity index (χ0) is 18.1. The summed E-state index contributed by atoms with van der Waals surface area (Å²) in [7, 11) is 0. The van der Waals surface area contributed by atoms with Gasteiger partial charge < -0.3 is 20.2 Å². The fourth-order valence-electron chi connectivity index (χ4n) is 4.81. The van der Waals surface area contributed by atoms with Crippen molar-refractivity contribution in [2.45, 2.75) is 62.8 Å². The molecule has 4 atom stereocenters. The summed E-state index contributed by atoms with van der Waals surface area (Å²) in [6, 6.07) is 10.4. The maximum atomic E-state index is 12.8. The van der Waals surface area contributed by atoms with Gasteiger partial charge in [0.1, 0.15) is 0 Å². The summed E-state index contributed by atoms with van der Waals surface area (Å²) in [6.45, 7) is 1.77. The van der Waals surface area contributed by atoms with E-state index in [1.807, 2.05) is 29.2 Å². The van der Waals surface area contributed by atoms with Crippen molar-refractivity contribution in [3.63, 3.8) is 0 Å². The van der Waals surface area contributed by atoms with Gasteiger partial charge in [0, 0.05) is 36.9 Å². The summed E-state index contributed by atoms with van der Waals surface area (Å²) in [4.78, 5) is 17.1. The highest BCUT2D eigenvalue weighted by Gasteiger charge is 2.43. The molecule has 3 heterocycles. The Morgan fingerprint density at radius 1 is 1.15 bits per heavy atom. The van der Waals surface area contributed by atoms with E-state index in [9.17, 15) is 9.90 Å². The number of carbonyl (C=O) groups excluding carboxylic acids is 1. The van der Waals surface area contributed by atoms with E-state index >= 15 is 0 Å². The third-order valence-electron chi connectivity index (χ3n) is 6.05. The second-order valence-corrected chi connectivity index (χ2v) is 7.81. The van der Waals surface area contributed by atoms with Gasteiger partial charge in [-0.15, -0.1) is 0 Å². The predicted molar refractivity (Wildman–Crippen MR) is 98.8 cm³/mol. The zero-order valence-electron chi connectivity index (χ0n) is 15.0. The molecule has 3 saturated heterocycles. The normalized spacial score (nSPS) is 30.8. The van der Waals surface area contributed by atoms with Crippen molar-refractivity contribution < 1.29 is 9.90 Å². The Morgan fingerprint density at radius 3 is 2.50 bits per heavy atom. The van der Waals surface area contributed by atoms with Gasteiger partial charge >= 0.3 is 6.03 Å². The molecular formula is C20H26N4O2. The second kappa shape index (κ2) is 7.16. The van der Waals surface area contributed by atoms with Crippen molar-refractivity contribution in [1.82, 2.24) is 10.2 Å². The van der Waals surface area contributed by atoms with Crippen LogP contribution in [0.4, 0.5) is 10.5 Å². The van der Waals surface area contributed by atoms with Crippen molar-refractivity contribution >= 4 is 11.7 Å². The molecule has 3 aliphatic rings. The first-order valence-electron chi connectivity index (χ1n) is 9.66. The van der Waals surface area contributed by atoms with Gasteiger partial charge in [0.05, 0.1) is 17.7 Å². The van der Waals surface area contributed by atoms with Gasteiger partial charge in [0.2, 0.25) is 0 Å². The lowest BCUT2D eigenvalue weighted by atomic mass is 10.00. The van der Waals surface area contributed by atoms with Crippen LogP contribution in [0.5, 0.6) is 0 Å². The third-order valence-corrected chi connectivity index (χ3v) is 6.05. The summed E-state index contributed by atoms with van der Waals surface area (Å²) in [6.07, 6.45) is 5.23. The van der Waals surface area contributed by atoms with Crippen molar-refractivity contribution in [3.8, 4) is 6.07 Å². The number of aliphatic hydroxyl groups is 1. The summed E-state index contributed by atoms with van der Waals surface area (Å²) in [5.41, 5.74) is 1.77. The van der Waals surface area contributed by atoms with E-state index in [0.29, 0.717) is 18.4 Å². The van der Waals surface area contributed by atoms with E-state index in [4.69, 9.17) is 5.26 Å². The number of piperidine rings is 2. The van der Waals surface area contributed by atoms with Gasteiger partial charge in [-0.25, -0.2) is 4.79 Å². The molecule has 4 rings (SSSR count). The average Bonchev–Trinajstić information content (AvgIpc) is 2.94. The number of amides is 2. The lowest BCUT2D eigenvalue weighted by Crippen LogP contribution is -2.56. The van der Waals surface area contributed by atoms with Crippen molar-refractivity contribution in [3.05, 3.63) is 29.8 Å². The fourth-order valence-corrected chi connectivity index (χ4v) is 4.81. The highest BCUT2D eigenvalue weighted by Crippen LogP contribution is 2.35. The first kappa shape index (κ1) is 17.2. The Hall–Kier alpha value is -2.26. The summed E-state index contributed by atoms with van der Waals surface area (Å²) in [5.74, 6) is 0. The van der Waals surface area contributed by atoms with E-state index < -0.39 is 0 Å².